The van der Waals surface area contributed by atoms with Crippen molar-refractivity contribution in [2.45, 2.75) is 19.4 Å². The van der Waals surface area contributed by atoms with E-state index >= 15 is 0 Å². The fourth-order valence-electron chi connectivity index (χ4n) is 1.46. The van der Waals surface area contributed by atoms with E-state index in [4.69, 9.17) is 4.84 Å². The van der Waals surface area contributed by atoms with Gasteiger partial charge in [-0.3, -0.25) is 14.4 Å². The second kappa shape index (κ2) is 5.92. The maximum Gasteiger partial charge on any atom is 0.291 e. The first-order chi connectivity index (χ1) is 8.75. The van der Waals surface area contributed by atoms with Crippen LogP contribution in [0.3, 0.4) is 0 Å². The average Bonchev–Trinajstić information content (AvgIpc) is 2.40. The van der Waals surface area contributed by atoms with Gasteiger partial charge in [0, 0.05) is 12.8 Å². The molecule has 0 unspecified atom stereocenters. The molecule has 1 heterocycles. The van der Waals surface area contributed by atoms with Gasteiger partial charge in [0.1, 0.15) is 5.71 Å². The third-order valence-electron chi connectivity index (χ3n) is 2.41. The number of hydrazone groups is 1. The minimum atomic E-state index is -0.425. The Morgan fingerprint density at radius 3 is 2.78 bits per heavy atom. The van der Waals surface area contributed by atoms with Gasteiger partial charge in [-0.1, -0.05) is 30.3 Å². The summed E-state index contributed by atoms with van der Waals surface area (Å²) in [6.45, 7) is 0.284. The van der Waals surface area contributed by atoms with Gasteiger partial charge in [-0.05, 0) is 5.56 Å². The molecule has 0 spiro atoms. The number of carbonyl (C=O) groups is 2. The monoisotopic (exact) mass is 247 g/mol. The summed E-state index contributed by atoms with van der Waals surface area (Å²) in [5.74, 6) is -0.609. The van der Waals surface area contributed by atoms with Gasteiger partial charge in [0.2, 0.25) is 5.91 Å². The van der Waals surface area contributed by atoms with E-state index in [9.17, 15) is 9.59 Å². The van der Waals surface area contributed by atoms with Crippen LogP contribution in [-0.4, -0.2) is 17.5 Å². The van der Waals surface area contributed by atoms with Crippen molar-refractivity contribution in [2.24, 2.45) is 5.10 Å². The summed E-state index contributed by atoms with van der Waals surface area (Å²) in [7, 11) is 0. The summed E-state index contributed by atoms with van der Waals surface area (Å²) >= 11 is 0. The van der Waals surface area contributed by atoms with Gasteiger partial charge >= 0.3 is 0 Å². The first-order valence-electron chi connectivity index (χ1n) is 5.57. The summed E-state index contributed by atoms with van der Waals surface area (Å²) in [4.78, 5) is 27.5. The van der Waals surface area contributed by atoms with E-state index in [1.165, 1.54) is 0 Å². The van der Waals surface area contributed by atoms with Crippen LogP contribution in [-0.2, 0) is 21.0 Å². The molecule has 0 aromatic heterocycles. The molecule has 2 amide bonds. The van der Waals surface area contributed by atoms with Gasteiger partial charge < -0.3 is 0 Å². The number of nitrogens with zero attached hydrogens (tertiary/aromatic N) is 1. The Labute approximate surface area is 104 Å². The van der Waals surface area contributed by atoms with Crippen LogP contribution in [0.2, 0.25) is 0 Å². The molecule has 18 heavy (non-hydrogen) atoms. The zero-order valence-electron chi connectivity index (χ0n) is 9.68. The summed E-state index contributed by atoms with van der Waals surface area (Å²) in [6.07, 6.45) is 0.595. The second-order valence-corrected chi connectivity index (χ2v) is 3.80. The van der Waals surface area contributed by atoms with Crippen molar-refractivity contribution >= 4 is 17.5 Å². The zero-order valence-corrected chi connectivity index (χ0v) is 9.68. The molecule has 0 saturated carbocycles. The smallest absolute Gasteiger partial charge is 0.273 e. The zero-order chi connectivity index (χ0) is 12.8. The predicted octanol–water partition coefficient (Wildman–Crippen LogP) is 0.500. The highest BCUT2D eigenvalue weighted by Crippen LogP contribution is 2.01. The number of hydrogen-bond acceptors (Lipinski definition) is 4. The van der Waals surface area contributed by atoms with Crippen molar-refractivity contribution < 1.29 is 14.4 Å². The molecule has 1 aliphatic rings. The number of hydrogen-bond donors (Lipinski definition) is 2. The number of carbonyl (C=O) groups excluding carboxylic acids is 2. The molecule has 1 aromatic rings. The topological polar surface area (TPSA) is 79.8 Å². The van der Waals surface area contributed by atoms with Crippen LogP contribution in [0.1, 0.15) is 18.4 Å². The molecule has 6 nitrogen and oxygen atoms in total. The molecule has 0 fully saturated rings. The summed E-state index contributed by atoms with van der Waals surface area (Å²) in [5, 5.41) is 3.66. The first-order valence-corrected chi connectivity index (χ1v) is 5.57. The summed E-state index contributed by atoms with van der Waals surface area (Å²) < 4.78 is 0. The highest BCUT2D eigenvalue weighted by Gasteiger charge is 2.18. The van der Waals surface area contributed by atoms with Gasteiger partial charge in [-0.25, -0.2) is 10.9 Å². The predicted molar refractivity (Wildman–Crippen MR) is 64.2 cm³/mol. The Kier molecular flexibility index (Phi) is 4.03. The molecule has 0 radical (unpaired) electrons. The normalized spacial score (nSPS) is 14.7. The van der Waals surface area contributed by atoms with Gasteiger partial charge in [-0.2, -0.15) is 5.10 Å². The molecule has 1 aliphatic heterocycles. The lowest BCUT2D eigenvalue weighted by atomic mass is 10.2. The SMILES string of the molecule is O=C1CCC(C(=O)NOCc2ccccc2)=NN1. The van der Waals surface area contributed by atoms with Gasteiger partial charge in [-0.15, -0.1) is 0 Å². The molecule has 0 bridgehead atoms. The van der Waals surface area contributed by atoms with Crippen LogP contribution < -0.4 is 10.9 Å². The Bertz CT molecular complexity index is 471. The molecule has 0 aliphatic carbocycles. The molecule has 2 rings (SSSR count). The van der Waals surface area contributed by atoms with E-state index < -0.39 is 5.91 Å². The lowest BCUT2D eigenvalue weighted by molar-refractivity contribution is -0.127. The van der Waals surface area contributed by atoms with Crippen molar-refractivity contribution in [3.8, 4) is 0 Å². The maximum absolute atomic E-state index is 11.6. The fraction of sp³-hybridized carbons (Fsp3) is 0.250. The highest BCUT2D eigenvalue weighted by molar-refractivity contribution is 6.39. The minimum Gasteiger partial charge on any atom is -0.273 e. The van der Waals surface area contributed by atoms with Crippen molar-refractivity contribution in [1.82, 2.24) is 10.9 Å². The van der Waals surface area contributed by atoms with E-state index in [-0.39, 0.29) is 24.6 Å². The van der Waals surface area contributed by atoms with Crippen LogP contribution >= 0.6 is 0 Å². The van der Waals surface area contributed by atoms with Gasteiger partial charge in [0.25, 0.3) is 5.91 Å². The first kappa shape index (κ1) is 12.3. The summed E-state index contributed by atoms with van der Waals surface area (Å²) in [6, 6.07) is 9.47. The molecule has 0 saturated heterocycles. The Balaban J connectivity index is 1.77. The third-order valence-corrected chi connectivity index (χ3v) is 2.41. The second-order valence-electron chi connectivity index (χ2n) is 3.80. The van der Waals surface area contributed by atoms with Crippen molar-refractivity contribution in [1.29, 1.82) is 0 Å². The van der Waals surface area contributed by atoms with Crippen molar-refractivity contribution in [2.75, 3.05) is 0 Å². The Morgan fingerprint density at radius 2 is 2.11 bits per heavy atom. The molecule has 6 heteroatoms. The number of rotatable bonds is 4. The van der Waals surface area contributed by atoms with E-state index in [0.29, 0.717) is 6.42 Å². The number of benzene rings is 1. The van der Waals surface area contributed by atoms with Crippen molar-refractivity contribution in [3.05, 3.63) is 35.9 Å². The maximum atomic E-state index is 11.6. The summed E-state index contributed by atoms with van der Waals surface area (Å²) in [5.41, 5.74) is 5.77. The van der Waals surface area contributed by atoms with Crippen LogP contribution in [0.5, 0.6) is 0 Å². The minimum absolute atomic E-state index is 0.184. The molecular weight excluding hydrogens is 234 g/mol. The standard InChI is InChI=1S/C12H13N3O3/c16-11-7-6-10(13-14-11)12(17)15-18-8-9-4-2-1-3-5-9/h1-5H,6-8H2,(H,14,16)(H,15,17). The largest absolute Gasteiger partial charge is 0.291 e. The van der Waals surface area contributed by atoms with E-state index in [0.717, 1.165) is 5.56 Å². The van der Waals surface area contributed by atoms with E-state index in [1.807, 2.05) is 30.3 Å². The van der Waals surface area contributed by atoms with Gasteiger partial charge in [0.05, 0.1) is 6.61 Å². The van der Waals surface area contributed by atoms with Crippen molar-refractivity contribution in [3.63, 3.8) is 0 Å². The molecule has 0 atom stereocenters. The van der Waals surface area contributed by atoms with Crippen LogP contribution in [0, 0.1) is 0 Å². The molecule has 2 N–H and O–H groups in total. The van der Waals surface area contributed by atoms with Crippen LogP contribution in [0.25, 0.3) is 0 Å². The number of nitrogens with one attached hydrogen (secondary N) is 2. The Morgan fingerprint density at radius 1 is 1.33 bits per heavy atom. The van der Waals surface area contributed by atoms with Crippen LogP contribution in [0.4, 0.5) is 0 Å². The van der Waals surface area contributed by atoms with E-state index in [2.05, 4.69) is 16.0 Å². The Hall–Kier alpha value is -2.21. The average molecular weight is 247 g/mol. The highest BCUT2D eigenvalue weighted by atomic mass is 16.6. The lowest BCUT2D eigenvalue weighted by Crippen LogP contribution is -2.36. The fourth-order valence-corrected chi connectivity index (χ4v) is 1.46. The third kappa shape index (κ3) is 3.39. The van der Waals surface area contributed by atoms with Crippen LogP contribution in [0.15, 0.2) is 35.4 Å². The lowest BCUT2D eigenvalue weighted by Gasteiger charge is -2.11. The van der Waals surface area contributed by atoms with Gasteiger partial charge in [0.15, 0.2) is 0 Å². The number of amides is 2. The number of hydroxylamine groups is 1. The van der Waals surface area contributed by atoms with E-state index in [1.54, 1.807) is 0 Å². The quantitative estimate of drug-likeness (QED) is 0.760. The molecule has 94 valence electrons. The molecular formula is C12H13N3O3. The molecule has 1 aromatic carbocycles.